The first-order valence-corrected chi connectivity index (χ1v) is 8.53. The summed E-state index contributed by atoms with van der Waals surface area (Å²) in [4.78, 5) is 14.4. The van der Waals surface area contributed by atoms with Crippen LogP contribution in [0.2, 0.25) is 0 Å². The van der Waals surface area contributed by atoms with Gasteiger partial charge in [0.25, 0.3) is 5.91 Å². The van der Waals surface area contributed by atoms with Crippen molar-refractivity contribution in [1.29, 1.82) is 0 Å². The molecule has 6 heteroatoms. The molecule has 0 radical (unpaired) electrons. The van der Waals surface area contributed by atoms with Crippen molar-refractivity contribution in [2.45, 2.75) is 18.9 Å². The first-order valence-electron chi connectivity index (χ1n) is 8.53. The maximum Gasteiger partial charge on any atom is 0.256 e. The summed E-state index contributed by atoms with van der Waals surface area (Å²) in [6, 6.07) is 12.5. The minimum absolute atomic E-state index is 0. The van der Waals surface area contributed by atoms with E-state index in [9.17, 15) is 9.18 Å². The minimum atomic E-state index is -0.482. The van der Waals surface area contributed by atoms with Gasteiger partial charge in [-0.05, 0) is 55.3 Å². The maximum atomic E-state index is 14.6. The molecule has 1 atom stereocenters. The van der Waals surface area contributed by atoms with E-state index in [0.717, 1.165) is 29.7 Å². The molecule has 0 spiro atoms. The Hall–Kier alpha value is -2.11. The molecule has 2 aromatic carbocycles. The van der Waals surface area contributed by atoms with Crippen molar-refractivity contribution in [2.24, 2.45) is 0 Å². The van der Waals surface area contributed by atoms with Crippen LogP contribution in [0.3, 0.4) is 0 Å². The average Bonchev–Trinajstić information content (AvgIpc) is 2.67. The molecule has 0 bridgehead atoms. The van der Waals surface area contributed by atoms with E-state index in [-0.39, 0.29) is 29.9 Å². The quantitative estimate of drug-likeness (QED) is 0.881. The van der Waals surface area contributed by atoms with E-state index in [4.69, 9.17) is 4.74 Å². The van der Waals surface area contributed by atoms with Crippen molar-refractivity contribution in [3.05, 3.63) is 53.8 Å². The number of nitrogens with one attached hydrogen (secondary N) is 1. The van der Waals surface area contributed by atoms with E-state index in [1.54, 1.807) is 24.1 Å². The normalized spacial score (nSPS) is 16.7. The Morgan fingerprint density at radius 3 is 2.50 bits per heavy atom. The van der Waals surface area contributed by atoms with E-state index in [2.05, 4.69) is 5.32 Å². The van der Waals surface area contributed by atoms with Crippen LogP contribution in [0.25, 0.3) is 11.1 Å². The number of halogens is 2. The molecule has 1 aliphatic heterocycles. The number of likely N-dealkylation sites (N-methyl/N-ethyl adjacent to an activating group) is 1. The molecule has 26 heavy (non-hydrogen) atoms. The molecular formula is C20H24ClFN2O2. The summed E-state index contributed by atoms with van der Waals surface area (Å²) in [5, 5.41) is 3.20. The fraction of sp³-hybridized carbons (Fsp3) is 0.350. The van der Waals surface area contributed by atoms with Crippen molar-refractivity contribution in [3.8, 4) is 16.9 Å². The van der Waals surface area contributed by atoms with Gasteiger partial charge in [0.15, 0.2) is 0 Å². The van der Waals surface area contributed by atoms with E-state index >= 15 is 0 Å². The molecule has 1 amide bonds. The molecular weight excluding hydrogens is 355 g/mol. The Morgan fingerprint density at radius 1 is 1.19 bits per heavy atom. The minimum Gasteiger partial charge on any atom is -0.497 e. The zero-order valence-electron chi connectivity index (χ0n) is 15.0. The summed E-state index contributed by atoms with van der Waals surface area (Å²) in [7, 11) is 3.50. The highest BCUT2D eigenvalue weighted by molar-refractivity contribution is 5.95. The molecule has 140 valence electrons. The van der Waals surface area contributed by atoms with Gasteiger partial charge in [-0.25, -0.2) is 4.39 Å². The second-order valence-corrected chi connectivity index (χ2v) is 6.30. The summed E-state index contributed by atoms with van der Waals surface area (Å²) in [6.45, 7) is 1.30. The van der Waals surface area contributed by atoms with Crippen LogP contribution in [0.5, 0.6) is 5.75 Å². The van der Waals surface area contributed by atoms with Crippen LogP contribution in [-0.4, -0.2) is 44.1 Å². The van der Waals surface area contributed by atoms with E-state index in [1.807, 2.05) is 31.3 Å². The molecule has 1 saturated heterocycles. The number of amides is 1. The SMILES string of the molecule is CNC1CCCN(C(=O)c2ccc(-c3ccc(OC)cc3)cc2F)C1.Cl. The highest BCUT2D eigenvalue weighted by atomic mass is 35.5. The van der Waals surface area contributed by atoms with Gasteiger partial charge < -0.3 is 15.0 Å². The number of benzene rings is 2. The Bertz CT molecular complexity index is 752. The maximum absolute atomic E-state index is 14.6. The van der Waals surface area contributed by atoms with Crippen LogP contribution in [-0.2, 0) is 0 Å². The molecule has 4 nitrogen and oxygen atoms in total. The number of nitrogens with zero attached hydrogens (tertiary/aromatic N) is 1. The Kier molecular flexibility index (Phi) is 7.00. The van der Waals surface area contributed by atoms with Crippen LogP contribution in [0.15, 0.2) is 42.5 Å². The summed E-state index contributed by atoms with van der Waals surface area (Å²) >= 11 is 0. The summed E-state index contributed by atoms with van der Waals surface area (Å²) < 4.78 is 19.7. The molecule has 2 aromatic rings. The lowest BCUT2D eigenvalue weighted by Crippen LogP contribution is -2.47. The number of hydrogen-bond donors (Lipinski definition) is 1. The molecule has 0 saturated carbocycles. The van der Waals surface area contributed by atoms with Crippen LogP contribution < -0.4 is 10.1 Å². The topological polar surface area (TPSA) is 41.6 Å². The first kappa shape index (κ1) is 20.2. The lowest BCUT2D eigenvalue weighted by molar-refractivity contribution is 0.0693. The highest BCUT2D eigenvalue weighted by Gasteiger charge is 2.25. The highest BCUT2D eigenvalue weighted by Crippen LogP contribution is 2.25. The molecule has 3 rings (SSSR count). The zero-order chi connectivity index (χ0) is 17.8. The lowest BCUT2D eigenvalue weighted by Gasteiger charge is -2.32. The van der Waals surface area contributed by atoms with E-state index in [0.29, 0.717) is 13.1 Å². The molecule has 0 aliphatic carbocycles. The van der Waals surface area contributed by atoms with Crippen molar-refractivity contribution in [1.82, 2.24) is 10.2 Å². The van der Waals surface area contributed by atoms with Gasteiger partial charge in [-0.1, -0.05) is 18.2 Å². The molecule has 1 fully saturated rings. The number of ether oxygens (including phenoxy) is 1. The number of methoxy groups -OCH3 is 1. The fourth-order valence-electron chi connectivity index (χ4n) is 3.22. The van der Waals surface area contributed by atoms with Gasteiger partial charge in [0.2, 0.25) is 0 Å². The third-order valence-electron chi connectivity index (χ3n) is 4.74. The smallest absolute Gasteiger partial charge is 0.256 e. The van der Waals surface area contributed by atoms with Gasteiger partial charge in [-0.2, -0.15) is 0 Å². The van der Waals surface area contributed by atoms with Gasteiger partial charge in [0, 0.05) is 19.1 Å². The number of carbonyl (C=O) groups is 1. The van der Waals surface area contributed by atoms with E-state index in [1.165, 1.54) is 6.07 Å². The zero-order valence-corrected chi connectivity index (χ0v) is 15.8. The second-order valence-electron chi connectivity index (χ2n) is 6.30. The predicted molar refractivity (Wildman–Crippen MR) is 104 cm³/mol. The molecule has 1 N–H and O–H groups in total. The van der Waals surface area contributed by atoms with Crippen molar-refractivity contribution < 1.29 is 13.9 Å². The molecule has 1 heterocycles. The van der Waals surface area contributed by atoms with Gasteiger partial charge in [0.05, 0.1) is 12.7 Å². The Balaban J connectivity index is 0.00000243. The van der Waals surface area contributed by atoms with Crippen molar-refractivity contribution in [3.63, 3.8) is 0 Å². The van der Waals surface area contributed by atoms with Crippen molar-refractivity contribution in [2.75, 3.05) is 27.2 Å². The Labute approximate surface area is 159 Å². The molecule has 1 unspecified atom stereocenters. The van der Waals surface area contributed by atoms with E-state index < -0.39 is 5.82 Å². The number of rotatable bonds is 4. The predicted octanol–water partition coefficient (Wildman–Crippen LogP) is 3.75. The van der Waals surface area contributed by atoms with Crippen LogP contribution >= 0.6 is 12.4 Å². The van der Waals surface area contributed by atoms with Gasteiger partial charge in [-0.15, -0.1) is 12.4 Å². The standard InChI is InChI=1S/C20H23FN2O2.ClH/c1-22-16-4-3-11-23(13-16)20(24)18-10-7-15(12-19(18)21)14-5-8-17(25-2)9-6-14;/h5-10,12,16,22H,3-4,11,13H2,1-2H3;1H. The van der Waals surface area contributed by atoms with Crippen molar-refractivity contribution >= 4 is 18.3 Å². The molecule has 1 aliphatic rings. The fourth-order valence-corrected chi connectivity index (χ4v) is 3.22. The van der Waals surface area contributed by atoms with Gasteiger partial charge >= 0.3 is 0 Å². The number of hydrogen-bond acceptors (Lipinski definition) is 3. The number of carbonyl (C=O) groups excluding carboxylic acids is 1. The van der Waals surface area contributed by atoms with Crippen LogP contribution in [0, 0.1) is 5.82 Å². The third-order valence-corrected chi connectivity index (χ3v) is 4.74. The third kappa shape index (κ3) is 4.34. The second kappa shape index (κ2) is 9.01. The lowest BCUT2D eigenvalue weighted by atomic mass is 10.0. The van der Waals surface area contributed by atoms with Crippen LogP contribution in [0.1, 0.15) is 23.2 Å². The number of piperidine rings is 1. The summed E-state index contributed by atoms with van der Waals surface area (Å²) in [5.74, 6) is 0.0313. The van der Waals surface area contributed by atoms with Gasteiger partial charge in [0.1, 0.15) is 11.6 Å². The first-order chi connectivity index (χ1) is 12.1. The van der Waals surface area contributed by atoms with Gasteiger partial charge in [-0.3, -0.25) is 4.79 Å². The Morgan fingerprint density at radius 2 is 1.88 bits per heavy atom. The van der Waals surface area contributed by atoms with Crippen LogP contribution in [0.4, 0.5) is 4.39 Å². The average molecular weight is 379 g/mol. The molecule has 0 aromatic heterocycles. The monoisotopic (exact) mass is 378 g/mol. The summed E-state index contributed by atoms with van der Waals surface area (Å²) in [5.41, 5.74) is 1.75. The number of likely N-dealkylation sites (tertiary alicyclic amines) is 1. The summed E-state index contributed by atoms with van der Waals surface area (Å²) in [6.07, 6.45) is 1.97. The largest absolute Gasteiger partial charge is 0.497 e.